The molecule has 0 amide bonds. The van der Waals surface area contributed by atoms with Gasteiger partial charge in [0.2, 0.25) is 0 Å². The molecule has 2 aliphatic rings. The van der Waals surface area contributed by atoms with Crippen molar-refractivity contribution in [3.63, 3.8) is 0 Å². The molecule has 236 valence electrons. The molecule has 0 saturated heterocycles. The van der Waals surface area contributed by atoms with E-state index in [0.29, 0.717) is 0 Å². The fraction of sp³-hybridized carbons (Fsp3) is 0.0204. The maximum Gasteiger partial charge on any atom is 0.160 e. The largest absolute Gasteiger partial charge is 0.228 e. The third kappa shape index (κ3) is 3.87. The molecular formula is C49H30N2. The summed E-state index contributed by atoms with van der Waals surface area (Å²) in [7, 11) is 0. The van der Waals surface area contributed by atoms with Crippen molar-refractivity contribution in [2.24, 2.45) is 0 Å². The molecule has 0 aliphatic heterocycles. The molecule has 0 saturated carbocycles. The molecule has 2 nitrogen and oxygen atoms in total. The number of benzene rings is 8. The Balaban J connectivity index is 1.31. The fourth-order valence-corrected chi connectivity index (χ4v) is 9.02. The molecule has 11 rings (SSSR count). The average molecular weight is 647 g/mol. The summed E-state index contributed by atoms with van der Waals surface area (Å²) in [5.41, 5.74) is 16.2. The van der Waals surface area contributed by atoms with Gasteiger partial charge in [-0.15, -0.1) is 0 Å². The Morgan fingerprint density at radius 2 is 0.961 bits per heavy atom. The molecule has 1 unspecified atom stereocenters. The Bertz CT molecular complexity index is 2870. The number of hydrogen-bond donors (Lipinski definition) is 0. The first-order valence-electron chi connectivity index (χ1n) is 17.6. The lowest BCUT2D eigenvalue weighted by Gasteiger charge is -2.35. The molecule has 51 heavy (non-hydrogen) atoms. The summed E-state index contributed by atoms with van der Waals surface area (Å²) in [5, 5.41) is 3.58. The highest BCUT2D eigenvalue weighted by molar-refractivity contribution is 6.06. The van der Waals surface area contributed by atoms with E-state index in [-0.39, 0.29) is 0 Å². The highest BCUT2D eigenvalue weighted by Gasteiger charge is 2.50. The lowest BCUT2D eigenvalue weighted by Crippen LogP contribution is -2.29. The quantitative estimate of drug-likeness (QED) is 0.187. The standard InChI is InChI=1S/C49H30N2/c1-2-15-32(16-3-1)48-50-45-25-13-10-22-40(45)47(51-48)33-26-28-38-36-19-7-6-18-35(36)37-20-8-11-23-41(37)49(44(38)30-33)42-24-12-9-21-39(42)46-34-17-5-4-14-31(34)27-29-43(46)49/h1-30H. The Morgan fingerprint density at radius 1 is 0.353 bits per heavy atom. The van der Waals surface area contributed by atoms with Crippen molar-refractivity contribution in [1.29, 1.82) is 0 Å². The van der Waals surface area contributed by atoms with Gasteiger partial charge in [0.15, 0.2) is 5.82 Å². The molecule has 1 atom stereocenters. The van der Waals surface area contributed by atoms with Crippen molar-refractivity contribution < 1.29 is 0 Å². The molecule has 0 N–H and O–H groups in total. The van der Waals surface area contributed by atoms with Crippen molar-refractivity contribution in [1.82, 2.24) is 9.97 Å². The average Bonchev–Trinajstić information content (AvgIpc) is 3.46. The number of hydrogen-bond acceptors (Lipinski definition) is 2. The van der Waals surface area contributed by atoms with Gasteiger partial charge in [-0.05, 0) is 78.5 Å². The number of aromatic nitrogens is 2. The molecule has 8 aromatic carbocycles. The zero-order chi connectivity index (χ0) is 33.5. The molecule has 0 bridgehead atoms. The Hall–Kier alpha value is -6.64. The van der Waals surface area contributed by atoms with Crippen LogP contribution in [0.25, 0.3) is 77.7 Å². The van der Waals surface area contributed by atoms with Crippen LogP contribution in [0.4, 0.5) is 0 Å². The van der Waals surface area contributed by atoms with Crippen LogP contribution in [0.3, 0.4) is 0 Å². The number of para-hydroxylation sites is 1. The van der Waals surface area contributed by atoms with Crippen molar-refractivity contribution in [2.75, 3.05) is 0 Å². The topological polar surface area (TPSA) is 25.8 Å². The first-order chi connectivity index (χ1) is 25.3. The normalized spacial score (nSPS) is 15.1. The van der Waals surface area contributed by atoms with E-state index in [9.17, 15) is 0 Å². The maximum atomic E-state index is 5.34. The summed E-state index contributed by atoms with van der Waals surface area (Å²) in [6.07, 6.45) is 0. The van der Waals surface area contributed by atoms with Gasteiger partial charge in [-0.2, -0.15) is 0 Å². The van der Waals surface area contributed by atoms with E-state index in [1.54, 1.807) is 0 Å². The van der Waals surface area contributed by atoms with Crippen LogP contribution in [0.5, 0.6) is 0 Å². The third-order valence-electron chi connectivity index (χ3n) is 11.1. The minimum Gasteiger partial charge on any atom is -0.228 e. The first kappa shape index (κ1) is 28.2. The summed E-state index contributed by atoms with van der Waals surface area (Å²) in [6, 6.07) is 66.4. The minimum absolute atomic E-state index is 0.581. The van der Waals surface area contributed by atoms with E-state index in [4.69, 9.17) is 9.97 Å². The van der Waals surface area contributed by atoms with Gasteiger partial charge in [0.1, 0.15) is 0 Å². The van der Waals surface area contributed by atoms with E-state index in [1.165, 1.54) is 66.4 Å². The van der Waals surface area contributed by atoms with Gasteiger partial charge in [0.25, 0.3) is 0 Å². The number of fused-ring (bicyclic) bond motifs is 15. The van der Waals surface area contributed by atoms with Gasteiger partial charge in [0, 0.05) is 16.5 Å². The van der Waals surface area contributed by atoms with Crippen LogP contribution in [0.15, 0.2) is 182 Å². The summed E-state index contributed by atoms with van der Waals surface area (Å²) >= 11 is 0. The minimum atomic E-state index is -0.581. The van der Waals surface area contributed by atoms with Crippen LogP contribution in [-0.4, -0.2) is 9.97 Å². The summed E-state index contributed by atoms with van der Waals surface area (Å²) < 4.78 is 0. The second-order valence-electron chi connectivity index (χ2n) is 13.6. The zero-order valence-electron chi connectivity index (χ0n) is 27.7. The van der Waals surface area contributed by atoms with E-state index < -0.39 is 5.41 Å². The predicted molar refractivity (Wildman–Crippen MR) is 210 cm³/mol. The van der Waals surface area contributed by atoms with Crippen molar-refractivity contribution >= 4 is 21.7 Å². The van der Waals surface area contributed by atoms with Gasteiger partial charge < -0.3 is 0 Å². The van der Waals surface area contributed by atoms with Gasteiger partial charge in [-0.1, -0.05) is 170 Å². The first-order valence-corrected chi connectivity index (χ1v) is 17.6. The SMILES string of the molecule is c1ccc(-c2nc(-c3ccc4c(c3)C3(c5ccccc5-c5ccccc5-4)c4ccccc4-c4c3ccc3ccccc43)c3ccccc3n2)cc1. The van der Waals surface area contributed by atoms with E-state index in [1.807, 2.05) is 18.2 Å². The van der Waals surface area contributed by atoms with Crippen molar-refractivity contribution in [3.8, 4) is 56.0 Å². The second kappa shape index (κ2) is 10.7. The van der Waals surface area contributed by atoms with E-state index in [0.717, 1.165) is 33.5 Å². The maximum absolute atomic E-state index is 5.34. The highest BCUT2D eigenvalue weighted by atomic mass is 14.9. The van der Waals surface area contributed by atoms with E-state index >= 15 is 0 Å². The van der Waals surface area contributed by atoms with Crippen LogP contribution < -0.4 is 0 Å². The third-order valence-corrected chi connectivity index (χ3v) is 11.1. The van der Waals surface area contributed by atoms with Crippen LogP contribution in [0.2, 0.25) is 0 Å². The number of nitrogens with zero attached hydrogens (tertiary/aromatic N) is 2. The molecular weight excluding hydrogens is 617 g/mol. The molecule has 1 spiro atoms. The van der Waals surface area contributed by atoms with Crippen LogP contribution >= 0.6 is 0 Å². The molecule has 9 aromatic rings. The predicted octanol–water partition coefficient (Wildman–Crippen LogP) is 12.1. The van der Waals surface area contributed by atoms with Crippen LogP contribution in [0.1, 0.15) is 22.3 Å². The Kier molecular flexibility index (Phi) is 5.91. The zero-order valence-corrected chi connectivity index (χ0v) is 27.7. The molecule has 0 fully saturated rings. The van der Waals surface area contributed by atoms with Gasteiger partial charge in [-0.3, -0.25) is 0 Å². The molecule has 2 heteroatoms. The van der Waals surface area contributed by atoms with Crippen LogP contribution in [-0.2, 0) is 5.41 Å². The molecule has 1 heterocycles. The van der Waals surface area contributed by atoms with Gasteiger partial charge in [0.05, 0.1) is 16.6 Å². The monoisotopic (exact) mass is 646 g/mol. The lowest BCUT2D eigenvalue weighted by atomic mass is 9.65. The Labute approximate surface area is 296 Å². The van der Waals surface area contributed by atoms with Crippen molar-refractivity contribution in [2.45, 2.75) is 5.41 Å². The fourth-order valence-electron chi connectivity index (χ4n) is 9.02. The second-order valence-corrected chi connectivity index (χ2v) is 13.6. The summed E-state index contributed by atoms with van der Waals surface area (Å²) in [6.45, 7) is 0. The number of rotatable bonds is 2. The van der Waals surface area contributed by atoms with E-state index in [2.05, 4.69) is 164 Å². The van der Waals surface area contributed by atoms with Gasteiger partial charge in [-0.25, -0.2) is 9.97 Å². The lowest BCUT2D eigenvalue weighted by molar-refractivity contribution is 0.776. The van der Waals surface area contributed by atoms with Crippen molar-refractivity contribution in [3.05, 3.63) is 204 Å². The summed E-state index contributed by atoms with van der Waals surface area (Å²) in [4.78, 5) is 10.4. The smallest absolute Gasteiger partial charge is 0.160 e. The van der Waals surface area contributed by atoms with Gasteiger partial charge >= 0.3 is 0 Å². The van der Waals surface area contributed by atoms with Crippen LogP contribution in [0, 0.1) is 0 Å². The molecule has 1 aromatic heterocycles. The highest BCUT2D eigenvalue weighted by Crippen LogP contribution is 2.62. The molecule has 0 radical (unpaired) electrons. The molecule has 2 aliphatic carbocycles. The Morgan fingerprint density at radius 3 is 1.76 bits per heavy atom. The summed E-state index contributed by atoms with van der Waals surface area (Å²) in [5.74, 6) is 0.729.